The molecule has 2 saturated carbocycles. The molecule has 2 fully saturated rings. The molecule has 4 heteroatoms. The van der Waals surface area contributed by atoms with Crippen molar-refractivity contribution in [2.45, 2.75) is 76.3 Å². The van der Waals surface area contributed by atoms with Crippen LogP contribution in [0.3, 0.4) is 0 Å². The average molecular weight is 483 g/mol. The molecule has 1 amide bonds. The number of hydrogen-bond donors (Lipinski definition) is 1. The highest BCUT2D eigenvalue weighted by atomic mass is 16.1. The average Bonchev–Trinajstić information content (AvgIpc) is 3.53. The first kappa shape index (κ1) is 24.5. The Hall–Kier alpha value is -3.14. The fourth-order valence-electron chi connectivity index (χ4n) is 6.92. The number of nitrogens with two attached hydrogens (primary N) is 1. The summed E-state index contributed by atoms with van der Waals surface area (Å²) in [5.41, 5.74) is 7.47. The molecule has 4 nitrogen and oxygen atoms in total. The minimum absolute atomic E-state index is 0.145. The van der Waals surface area contributed by atoms with Crippen LogP contribution in [0.2, 0.25) is 0 Å². The summed E-state index contributed by atoms with van der Waals surface area (Å²) in [7, 11) is 0. The van der Waals surface area contributed by atoms with Crippen molar-refractivity contribution in [3.63, 3.8) is 0 Å². The van der Waals surface area contributed by atoms with Gasteiger partial charge in [-0.2, -0.15) is 0 Å². The molecule has 2 aromatic carbocycles. The summed E-state index contributed by atoms with van der Waals surface area (Å²) in [5, 5.41) is 0. The number of amides is 1. The molecule has 0 spiro atoms. The topological polar surface area (TPSA) is 51.9 Å². The highest BCUT2D eigenvalue weighted by Crippen LogP contribution is 2.49. The maximum absolute atomic E-state index is 13.4. The van der Waals surface area contributed by atoms with Crippen LogP contribution in [0.25, 0.3) is 0 Å². The van der Waals surface area contributed by atoms with Crippen LogP contribution in [-0.2, 0) is 16.8 Å². The van der Waals surface area contributed by atoms with Gasteiger partial charge in [-0.25, -0.2) is 9.13 Å². The van der Waals surface area contributed by atoms with Crippen LogP contribution in [0.1, 0.15) is 74.4 Å². The molecule has 2 atom stereocenters. The lowest BCUT2D eigenvalue weighted by molar-refractivity contribution is -0.692. The largest absolute Gasteiger partial charge is 0.369 e. The van der Waals surface area contributed by atoms with E-state index in [2.05, 4.69) is 64.9 Å². The third kappa shape index (κ3) is 4.66. The Kier molecular flexibility index (Phi) is 7.41. The van der Waals surface area contributed by atoms with Gasteiger partial charge < -0.3 is 5.73 Å². The Morgan fingerprint density at radius 2 is 1.61 bits per heavy atom. The molecule has 0 aliphatic heterocycles. The number of rotatable bonds is 8. The summed E-state index contributed by atoms with van der Waals surface area (Å²) in [4.78, 5) is 13.4. The lowest BCUT2D eigenvalue weighted by Gasteiger charge is -2.37. The second-order valence-electron chi connectivity index (χ2n) is 10.8. The van der Waals surface area contributed by atoms with Gasteiger partial charge in [0, 0.05) is 6.92 Å². The van der Waals surface area contributed by atoms with E-state index in [4.69, 9.17) is 5.73 Å². The highest BCUT2D eigenvalue weighted by Gasteiger charge is 2.51. The molecular formula is C32H40N3O+. The molecule has 1 aromatic heterocycles. The van der Waals surface area contributed by atoms with E-state index >= 15 is 0 Å². The highest BCUT2D eigenvalue weighted by molar-refractivity contribution is 5.91. The second kappa shape index (κ2) is 10.9. The lowest BCUT2D eigenvalue weighted by atomic mass is 9.64. The summed E-state index contributed by atoms with van der Waals surface area (Å²) in [6, 6.07) is 20.7. The van der Waals surface area contributed by atoms with Crippen LogP contribution < -0.4 is 10.3 Å². The molecule has 2 aliphatic rings. The smallest absolute Gasteiger partial charge is 0.253 e. The molecule has 188 valence electrons. The van der Waals surface area contributed by atoms with Crippen molar-refractivity contribution in [2.24, 2.45) is 17.6 Å². The first-order valence-corrected chi connectivity index (χ1v) is 13.7. The van der Waals surface area contributed by atoms with Gasteiger partial charge >= 0.3 is 0 Å². The van der Waals surface area contributed by atoms with E-state index in [0.717, 1.165) is 42.9 Å². The van der Waals surface area contributed by atoms with Gasteiger partial charge in [-0.15, -0.1) is 0 Å². The number of primary amides is 1. The van der Waals surface area contributed by atoms with Gasteiger partial charge in [0.2, 0.25) is 5.91 Å². The SMILES string of the molecule is Cc1n([C@H]2CC[C@@H](C(C(N)=O)(c3ccccc3)c3ccccc3)C2)cc[n+]1CC=CC1CCCCC1. The maximum Gasteiger partial charge on any atom is 0.253 e. The van der Waals surface area contributed by atoms with Crippen LogP contribution in [0.4, 0.5) is 0 Å². The molecule has 0 unspecified atom stereocenters. The lowest BCUT2D eigenvalue weighted by Crippen LogP contribution is -2.47. The Balaban J connectivity index is 1.38. The molecule has 0 saturated heterocycles. The van der Waals surface area contributed by atoms with Crippen LogP contribution in [0, 0.1) is 18.8 Å². The number of hydrogen-bond acceptors (Lipinski definition) is 1. The van der Waals surface area contributed by atoms with Gasteiger partial charge in [0.05, 0.1) is 0 Å². The zero-order valence-corrected chi connectivity index (χ0v) is 21.6. The predicted octanol–water partition coefficient (Wildman–Crippen LogP) is 6.03. The Morgan fingerprint density at radius 3 is 2.22 bits per heavy atom. The van der Waals surface area contributed by atoms with Gasteiger partial charge in [-0.05, 0) is 61.1 Å². The number of aromatic nitrogens is 2. The molecule has 36 heavy (non-hydrogen) atoms. The number of carbonyl (C=O) groups is 1. The molecule has 5 rings (SSSR count). The summed E-state index contributed by atoms with van der Waals surface area (Å²) >= 11 is 0. The first-order valence-electron chi connectivity index (χ1n) is 13.7. The minimum atomic E-state index is -0.822. The normalized spacial score (nSPS) is 21.2. The third-order valence-corrected chi connectivity index (χ3v) is 8.81. The Bertz CT molecular complexity index is 1140. The van der Waals surface area contributed by atoms with Gasteiger partial charge in [0.15, 0.2) is 0 Å². The monoisotopic (exact) mass is 482 g/mol. The Morgan fingerprint density at radius 1 is 0.972 bits per heavy atom. The van der Waals surface area contributed by atoms with E-state index < -0.39 is 5.41 Å². The van der Waals surface area contributed by atoms with E-state index in [1.54, 1.807) is 0 Å². The van der Waals surface area contributed by atoms with Crippen molar-refractivity contribution < 1.29 is 9.36 Å². The predicted molar refractivity (Wildman–Crippen MR) is 144 cm³/mol. The Labute approximate surface area is 215 Å². The van der Waals surface area contributed by atoms with Gasteiger partial charge in [-0.1, -0.05) is 86.0 Å². The molecule has 3 aromatic rings. The standard InChI is InChI=1S/C32H39N3O/c1-25-34(21-11-14-26-12-5-2-6-13-26)22-23-35(25)30-20-19-29(24-30)32(31(33)36,27-15-7-3-8-16-27)28-17-9-4-10-18-28/h3-4,7-11,14-18,22-23,26,29-30H,2,5-6,12-13,19-21,24H2,1H3,(H-,33,36)/p+1/t29-,30+/m1/s1. The molecular weight excluding hydrogens is 442 g/mol. The van der Waals surface area contributed by atoms with Crippen molar-refractivity contribution in [1.82, 2.24) is 4.57 Å². The van der Waals surface area contributed by atoms with Gasteiger partial charge in [0.1, 0.15) is 30.4 Å². The number of allylic oxidation sites excluding steroid dienone is 2. The van der Waals surface area contributed by atoms with Crippen LogP contribution >= 0.6 is 0 Å². The van der Waals surface area contributed by atoms with E-state index in [0.29, 0.717) is 6.04 Å². The van der Waals surface area contributed by atoms with E-state index in [1.165, 1.54) is 37.9 Å². The minimum Gasteiger partial charge on any atom is -0.369 e. The summed E-state index contributed by atoms with van der Waals surface area (Å²) in [6.07, 6.45) is 19.0. The van der Waals surface area contributed by atoms with Gasteiger partial charge in [-0.3, -0.25) is 4.79 Å². The van der Waals surface area contributed by atoms with Crippen molar-refractivity contribution >= 4 is 5.91 Å². The van der Waals surface area contributed by atoms with Crippen molar-refractivity contribution in [2.75, 3.05) is 0 Å². The number of imidazole rings is 1. The van der Waals surface area contributed by atoms with Gasteiger partial charge in [0.25, 0.3) is 5.82 Å². The molecule has 1 heterocycles. The first-order chi connectivity index (χ1) is 17.6. The molecule has 2 aliphatic carbocycles. The fourth-order valence-corrected chi connectivity index (χ4v) is 6.92. The summed E-state index contributed by atoms with van der Waals surface area (Å²) in [5.74, 6) is 1.93. The van der Waals surface area contributed by atoms with E-state index in [1.807, 2.05) is 36.4 Å². The quantitative estimate of drug-likeness (QED) is 0.309. The zero-order valence-electron chi connectivity index (χ0n) is 21.6. The third-order valence-electron chi connectivity index (χ3n) is 8.81. The number of carbonyl (C=O) groups excluding carboxylic acids is 1. The van der Waals surface area contributed by atoms with Crippen LogP contribution in [0.15, 0.2) is 85.2 Å². The molecule has 0 radical (unpaired) electrons. The van der Waals surface area contributed by atoms with Crippen LogP contribution in [-0.4, -0.2) is 10.5 Å². The fraction of sp³-hybridized carbons (Fsp3) is 0.438. The molecule has 0 bridgehead atoms. The van der Waals surface area contributed by atoms with Crippen molar-refractivity contribution in [1.29, 1.82) is 0 Å². The van der Waals surface area contributed by atoms with E-state index in [9.17, 15) is 4.79 Å². The zero-order chi connectivity index (χ0) is 25.0. The molecule has 2 N–H and O–H groups in total. The maximum atomic E-state index is 13.4. The van der Waals surface area contributed by atoms with E-state index in [-0.39, 0.29) is 11.8 Å². The van der Waals surface area contributed by atoms with Crippen molar-refractivity contribution in [3.8, 4) is 0 Å². The number of nitrogens with zero attached hydrogens (tertiary/aromatic N) is 2. The number of benzene rings is 2. The summed E-state index contributed by atoms with van der Waals surface area (Å²) in [6.45, 7) is 3.14. The summed E-state index contributed by atoms with van der Waals surface area (Å²) < 4.78 is 4.78. The second-order valence-corrected chi connectivity index (χ2v) is 10.8. The van der Waals surface area contributed by atoms with Crippen LogP contribution in [0.5, 0.6) is 0 Å². The van der Waals surface area contributed by atoms with Crippen molar-refractivity contribution in [3.05, 3.63) is 102 Å².